The molecule has 68 valence electrons. The van der Waals surface area contributed by atoms with Crippen LogP contribution < -0.4 is 11.5 Å². The molecule has 4 fully saturated rings. The molecular formula is C10H18N2. The third kappa shape index (κ3) is 0.775. The van der Waals surface area contributed by atoms with Crippen molar-refractivity contribution in [2.45, 2.75) is 43.7 Å². The SMILES string of the molecule is N[C@@H]1C2C[C@@H]3C[C@@H](C2)CC1(N)C3. The Labute approximate surface area is 73.7 Å². The van der Waals surface area contributed by atoms with E-state index >= 15 is 0 Å². The standard InChI is InChI=1S/C10H18N2/c11-9-8-2-6-1-7(3-8)5-10(9,12)4-6/h6-9H,1-5,11-12H2/t6-,7-,8?,9+,10?/m0/s1. The maximum Gasteiger partial charge on any atom is 0.0315 e. The van der Waals surface area contributed by atoms with E-state index in [9.17, 15) is 0 Å². The summed E-state index contributed by atoms with van der Waals surface area (Å²) in [6.45, 7) is 0. The second-order valence-corrected chi connectivity index (χ2v) is 5.37. The van der Waals surface area contributed by atoms with Crippen molar-refractivity contribution in [3.05, 3.63) is 0 Å². The van der Waals surface area contributed by atoms with Crippen LogP contribution in [0.4, 0.5) is 0 Å². The fraction of sp³-hybridized carbons (Fsp3) is 1.00. The normalized spacial score (nSPS) is 62.5. The summed E-state index contributed by atoms with van der Waals surface area (Å²) in [5, 5.41) is 0. The van der Waals surface area contributed by atoms with Gasteiger partial charge < -0.3 is 11.5 Å². The first-order valence-electron chi connectivity index (χ1n) is 5.22. The van der Waals surface area contributed by atoms with Crippen molar-refractivity contribution in [1.29, 1.82) is 0 Å². The molecule has 0 aromatic heterocycles. The van der Waals surface area contributed by atoms with Gasteiger partial charge in [0.2, 0.25) is 0 Å². The Balaban J connectivity index is 1.97. The first-order valence-corrected chi connectivity index (χ1v) is 5.22. The van der Waals surface area contributed by atoms with Crippen LogP contribution in [-0.2, 0) is 0 Å². The van der Waals surface area contributed by atoms with Crippen molar-refractivity contribution >= 4 is 0 Å². The Morgan fingerprint density at radius 1 is 1.00 bits per heavy atom. The van der Waals surface area contributed by atoms with Crippen molar-refractivity contribution in [3.8, 4) is 0 Å². The first kappa shape index (κ1) is 7.34. The smallest absolute Gasteiger partial charge is 0.0315 e. The molecule has 12 heavy (non-hydrogen) atoms. The minimum atomic E-state index is 0.0365. The van der Waals surface area contributed by atoms with Crippen molar-refractivity contribution in [1.82, 2.24) is 0 Å². The lowest BCUT2D eigenvalue weighted by Crippen LogP contribution is -2.68. The van der Waals surface area contributed by atoms with E-state index in [0.717, 1.165) is 17.8 Å². The minimum absolute atomic E-state index is 0.0365. The van der Waals surface area contributed by atoms with Crippen LogP contribution >= 0.6 is 0 Å². The second-order valence-electron chi connectivity index (χ2n) is 5.37. The molecular weight excluding hydrogens is 148 g/mol. The number of nitrogens with two attached hydrogens (primary N) is 2. The summed E-state index contributed by atoms with van der Waals surface area (Å²) < 4.78 is 0. The van der Waals surface area contributed by atoms with Gasteiger partial charge in [0.25, 0.3) is 0 Å². The van der Waals surface area contributed by atoms with E-state index in [1.54, 1.807) is 0 Å². The van der Waals surface area contributed by atoms with Crippen molar-refractivity contribution in [2.24, 2.45) is 29.2 Å². The second kappa shape index (κ2) is 2.05. The zero-order valence-corrected chi connectivity index (χ0v) is 7.50. The molecule has 4 rings (SSSR count). The molecule has 2 heteroatoms. The molecule has 4 N–H and O–H groups in total. The highest BCUT2D eigenvalue weighted by molar-refractivity contribution is 5.11. The molecule has 4 aliphatic rings. The molecule has 0 unspecified atom stereocenters. The van der Waals surface area contributed by atoms with E-state index in [2.05, 4.69) is 0 Å². The highest BCUT2D eigenvalue weighted by Gasteiger charge is 2.53. The van der Waals surface area contributed by atoms with E-state index < -0.39 is 0 Å². The Morgan fingerprint density at radius 2 is 1.58 bits per heavy atom. The molecule has 0 amide bonds. The molecule has 0 aromatic rings. The van der Waals surface area contributed by atoms with Crippen molar-refractivity contribution in [3.63, 3.8) is 0 Å². The molecule has 2 nitrogen and oxygen atoms in total. The van der Waals surface area contributed by atoms with Crippen LogP contribution in [0.1, 0.15) is 32.1 Å². The third-order valence-electron chi connectivity index (χ3n) is 4.45. The average molecular weight is 166 g/mol. The van der Waals surface area contributed by atoms with Crippen LogP contribution in [-0.4, -0.2) is 11.6 Å². The molecule has 0 heterocycles. The van der Waals surface area contributed by atoms with Gasteiger partial charge in [-0.25, -0.2) is 0 Å². The van der Waals surface area contributed by atoms with Crippen LogP contribution in [0.2, 0.25) is 0 Å². The topological polar surface area (TPSA) is 52.0 Å². The summed E-state index contributed by atoms with van der Waals surface area (Å²) in [6.07, 6.45) is 6.61. The van der Waals surface area contributed by atoms with Crippen LogP contribution in [0.25, 0.3) is 0 Å². The number of hydrogen-bond acceptors (Lipinski definition) is 2. The van der Waals surface area contributed by atoms with Gasteiger partial charge in [-0.1, -0.05) is 0 Å². The summed E-state index contributed by atoms with van der Waals surface area (Å²) in [5.41, 5.74) is 12.6. The number of rotatable bonds is 0. The van der Waals surface area contributed by atoms with Gasteiger partial charge in [0.1, 0.15) is 0 Å². The minimum Gasteiger partial charge on any atom is -0.326 e. The fourth-order valence-corrected chi connectivity index (χ4v) is 4.14. The van der Waals surface area contributed by atoms with Crippen molar-refractivity contribution in [2.75, 3.05) is 0 Å². The lowest BCUT2D eigenvalue weighted by atomic mass is 9.51. The predicted octanol–water partition coefficient (Wildman–Crippen LogP) is 0.851. The van der Waals surface area contributed by atoms with E-state index in [-0.39, 0.29) is 5.54 Å². The quantitative estimate of drug-likeness (QED) is 0.560. The molecule has 0 aliphatic heterocycles. The van der Waals surface area contributed by atoms with Crippen LogP contribution in [0.3, 0.4) is 0 Å². The monoisotopic (exact) mass is 166 g/mol. The molecule has 3 atom stereocenters. The first-order chi connectivity index (χ1) is 5.67. The lowest BCUT2D eigenvalue weighted by molar-refractivity contribution is -0.0189. The molecule has 0 spiro atoms. The fourth-order valence-electron chi connectivity index (χ4n) is 4.14. The molecule has 0 aromatic carbocycles. The van der Waals surface area contributed by atoms with Crippen LogP contribution in [0, 0.1) is 17.8 Å². The Bertz CT molecular complexity index is 200. The van der Waals surface area contributed by atoms with Gasteiger partial charge in [-0.3, -0.25) is 0 Å². The third-order valence-corrected chi connectivity index (χ3v) is 4.45. The summed E-state index contributed by atoms with van der Waals surface area (Å²) in [4.78, 5) is 0. The van der Waals surface area contributed by atoms with Gasteiger partial charge >= 0.3 is 0 Å². The van der Waals surface area contributed by atoms with Gasteiger partial charge in [0.05, 0.1) is 0 Å². The predicted molar refractivity (Wildman–Crippen MR) is 48.4 cm³/mol. The summed E-state index contributed by atoms with van der Waals surface area (Å²) in [7, 11) is 0. The van der Waals surface area contributed by atoms with E-state index in [1.807, 2.05) is 0 Å². The summed E-state index contributed by atoms with van der Waals surface area (Å²) in [6, 6.07) is 0.310. The number of hydrogen-bond donors (Lipinski definition) is 2. The van der Waals surface area contributed by atoms with Gasteiger partial charge in [-0.05, 0) is 49.9 Å². The molecule has 4 bridgehead atoms. The Hall–Kier alpha value is -0.0800. The largest absolute Gasteiger partial charge is 0.326 e. The van der Waals surface area contributed by atoms with E-state index in [0.29, 0.717) is 6.04 Å². The summed E-state index contributed by atoms with van der Waals surface area (Å²) >= 11 is 0. The van der Waals surface area contributed by atoms with Crippen LogP contribution in [0.5, 0.6) is 0 Å². The Morgan fingerprint density at radius 3 is 2.08 bits per heavy atom. The highest BCUT2D eigenvalue weighted by Crippen LogP contribution is 2.53. The Kier molecular flexibility index (Phi) is 1.25. The van der Waals surface area contributed by atoms with Gasteiger partial charge in [0.15, 0.2) is 0 Å². The molecule has 0 saturated heterocycles. The molecule has 4 saturated carbocycles. The zero-order chi connectivity index (χ0) is 8.34. The zero-order valence-electron chi connectivity index (χ0n) is 7.50. The van der Waals surface area contributed by atoms with E-state index in [1.165, 1.54) is 32.1 Å². The maximum atomic E-state index is 6.34. The van der Waals surface area contributed by atoms with Gasteiger partial charge in [-0.15, -0.1) is 0 Å². The maximum absolute atomic E-state index is 6.34. The van der Waals surface area contributed by atoms with Crippen LogP contribution in [0.15, 0.2) is 0 Å². The van der Waals surface area contributed by atoms with Gasteiger partial charge in [-0.2, -0.15) is 0 Å². The highest BCUT2D eigenvalue weighted by atomic mass is 14.9. The average Bonchev–Trinajstić information content (AvgIpc) is 1.98. The molecule has 4 aliphatic carbocycles. The summed E-state index contributed by atoms with van der Waals surface area (Å²) in [5.74, 6) is 2.61. The van der Waals surface area contributed by atoms with E-state index in [4.69, 9.17) is 11.5 Å². The van der Waals surface area contributed by atoms with Gasteiger partial charge in [0, 0.05) is 11.6 Å². The lowest BCUT2D eigenvalue weighted by Gasteiger charge is -2.58. The molecule has 0 radical (unpaired) electrons. The van der Waals surface area contributed by atoms with Crippen molar-refractivity contribution < 1.29 is 0 Å².